The minimum atomic E-state index is -6.13. The van der Waals surface area contributed by atoms with Crippen LogP contribution >= 0.6 is 19.3 Å². The van der Waals surface area contributed by atoms with Crippen LogP contribution in [0.25, 0.3) is 10.6 Å². The first-order valence-electron chi connectivity index (χ1n) is 28.2. The minimum absolute atomic E-state index is 0. The van der Waals surface area contributed by atoms with E-state index in [1.54, 1.807) is 0 Å². The number of aromatic nitrogens is 1. The molecule has 10 rings (SSSR count). The fraction of sp³-hybridized carbons (Fsp3) is 0.258. The number of aryl methyl sites for hydroxylation is 1. The summed E-state index contributed by atoms with van der Waals surface area (Å²) in [6, 6.07) is 24.0. The number of benzene rings is 7. The van der Waals surface area contributed by atoms with Gasteiger partial charge in [0.05, 0.1) is 50.2 Å². The largest absolute Gasteiger partial charge is 0.416 e. The Morgan fingerprint density at radius 3 is 0.895 bits per heavy atom. The molecule has 1 atom stereocenters. The molecule has 29 heteroatoms. The van der Waals surface area contributed by atoms with E-state index >= 15 is 0 Å². The fourth-order valence-corrected chi connectivity index (χ4v) is 14.9. The van der Waals surface area contributed by atoms with Gasteiger partial charge in [-0.1, -0.05) is 140 Å². The van der Waals surface area contributed by atoms with Gasteiger partial charge in [0.1, 0.15) is 11.2 Å². The van der Waals surface area contributed by atoms with Crippen LogP contribution in [-0.4, -0.2) is 17.3 Å². The van der Waals surface area contributed by atoms with Gasteiger partial charge >= 0.3 is 49.4 Å². The van der Waals surface area contributed by atoms with Crippen molar-refractivity contribution >= 4 is 57.9 Å². The molecule has 1 saturated carbocycles. The van der Waals surface area contributed by atoms with Crippen molar-refractivity contribution in [1.82, 2.24) is 4.98 Å². The first-order valence-corrected chi connectivity index (χ1v) is 30.6. The molecular weight excluding hydrogens is 1530 g/mol. The second-order valence-electron chi connectivity index (χ2n) is 21.9. The summed E-state index contributed by atoms with van der Waals surface area (Å²) in [6.45, 7) is 0. The van der Waals surface area contributed by atoms with Crippen molar-refractivity contribution in [3.63, 3.8) is 0 Å². The predicted octanol–water partition coefficient (Wildman–Crippen LogP) is 20.0. The fourth-order valence-electron chi connectivity index (χ4n) is 11.1. The normalized spacial score (nSPS) is 15.5. The molecule has 0 unspecified atom stereocenters. The molecule has 95 heavy (non-hydrogen) atoms. The summed E-state index contributed by atoms with van der Waals surface area (Å²) in [7, 11) is -0.379. The number of hydrogen-bond donors (Lipinski definition) is 0. The van der Waals surface area contributed by atoms with Gasteiger partial charge in [0.25, 0.3) is 0 Å². The molecule has 0 aliphatic heterocycles. The Morgan fingerprint density at radius 1 is 0.368 bits per heavy atom. The van der Waals surface area contributed by atoms with E-state index in [9.17, 15) is 105 Å². The quantitative estimate of drug-likeness (QED) is 0.0797. The summed E-state index contributed by atoms with van der Waals surface area (Å²) in [6.07, 6.45) is -35.9. The summed E-state index contributed by atoms with van der Waals surface area (Å²) in [5, 5.41) is 4.13. The Morgan fingerprint density at radius 2 is 0.632 bits per heavy atom. The van der Waals surface area contributed by atoms with Gasteiger partial charge in [-0.15, -0.1) is 11.3 Å². The third kappa shape index (κ3) is 19.1. The first-order chi connectivity index (χ1) is 43.6. The molecule has 0 amide bonds. The van der Waals surface area contributed by atoms with E-state index in [1.165, 1.54) is 82.9 Å². The average Bonchev–Trinajstić information content (AvgIpc) is 1.07. The van der Waals surface area contributed by atoms with Crippen molar-refractivity contribution in [3.05, 3.63) is 245 Å². The van der Waals surface area contributed by atoms with E-state index in [0.717, 1.165) is 0 Å². The number of halogens is 24. The van der Waals surface area contributed by atoms with E-state index in [1.807, 2.05) is 11.3 Å². The summed E-state index contributed by atoms with van der Waals surface area (Å²) in [5.74, 6) is 0.555. The van der Waals surface area contributed by atoms with E-state index < -0.39 is 195 Å². The Balaban J connectivity index is 0.000000274. The predicted molar refractivity (Wildman–Crippen MR) is 313 cm³/mol. The van der Waals surface area contributed by atoms with Gasteiger partial charge in [0.2, 0.25) is 0 Å². The molecule has 5 radical (unpaired) electrons. The van der Waals surface area contributed by atoms with Crippen LogP contribution in [0.3, 0.4) is 0 Å². The van der Waals surface area contributed by atoms with Gasteiger partial charge < -0.3 is 0 Å². The SMILES string of the molecule is FC(F)(F)c1cc([B-](c2cc(C(F)(F)F)cc(C(F)(F)F)c2)(c2cc(C(F)(F)F)cc(C(F)(F)F)c2)c2cc(C(F)(F)F)cc(C(F)(F)F)c2)cc(C(F)(F)F)c1.[CH]1[CH]CC[CH][CH]CC1.[Ir].c1ccc(-c2nc3c(s2)CCC[C@@H]3CP(c2ccccc2)c2ccccc2)cc1. The molecule has 8 aromatic rings. The molecule has 2 aliphatic carbocycles. The smallest absolute Gasteiger partial charge is 0.241 e. The number of alkyl halides is 24. The molecule has 509 valence electrons. The van der Waals surface area contributed by atoms with Gasteiger partial charge in [-0.2, -0.15) is 127 Å². The van der Waals surface area contributed by atoms with Crippen LogP contribution in [0, 0.1) is 25.7 Å². The zero-order valence-electron chi connectivity index (χ0n) is 48.4. The van der Waals surface area contributed by atoms with E-state index in [-0.39, 0.29) is 28.0 Å². The molecule has 7 aromatic carbocycles. The maximum Gasteiger partial charge on any atom is 0.416 e. The van der Waals surface area contributed by atoms with Gasteiger partial charge in [-0.05, 0) is 120 Å². The molecule has 0 saturated heterocycles. The Hall–Kier alpha value is -6.37. The van der Waals surface area contributed by atoms with Crippen LogP contribution in [-0.2, 0) is 75.9 Å². The number of rotatable bonds is 9. The van der Waals surface area contributed by atoms with Crippen LogP contribution in [0.2, 0.25) is 0 Å². The molecule has 1 fully saturated rings. The molecule has 1 aromatic heterocycles. The topological polar surface area (TPSA) is 12.9 Å². The number of thiazole rings is 1. The van der Waals surface area contributed by atoms with E-state index in [0.29, 0.717) is 5.92 Å². The summed E-state index contributed by atoms with van der Waals surface area (Å²) >= 11 is 1.91. The Bertz CT molecular complexity index is 3340. The monoisotopic (exact) mass is 1580 g/mol. The number of nitrogens with zero attached hydrogens (tertiary/aromatic N) is 1. The van der Waals surface area contributed by atoms with E-state index in [4.69, 9.17) is 4.98 Å². The summed E-state index contributed by atoms with van der Waals surface area (Å²) in [4.78, 5) is 6.68. The van der Waals surface area contributed by atoms with Gasteiger partial charge in [-0.25, -0.2) is 4.98 Å². The van der Waals surface area contributed by atoms with Gasteiger partial charge in [-0.3, -0.25) is 0 Å². The molecule has 0 bridgehead atoms. The van der Waals surface area contributed by atoms with Crippen LogP contribution in [0.4, 0.5) is 105 Å². The van der Waals surface area contributed by atoms with Crippen molar-refractivity contribution in [2.45, 2.75) is 100 Å². The Labute approximate surface area is 547 Å². The molecule has 1 nitrogen and oxygen atoms in total. The van der Waals surface area contributed by atoms with Gasteiger partial charge in [0.15, 0.2) is 0 Å². The average molecular weight is 1580 g/mol. The van der Waals surface area contributed by atoms with Crippen molar-refractivity contribution in [2.24, 2.45) is 0 Å². The molecule has 0 spiro atoms. The number of hydrogen-bond acceptors (Lipinski definition) is 2. The molecule has 1 heterocycles. The van der Waals surface area contributed by atoms with Crippen LogP contribution < -0.4 is 32.5 Å². The minimum Gasteiger partial charge on any atom is -0.241 e. The van der Waals surface area contributed by atoms with Gasteiger partial charge in [0, 0.05) is 36.5 Å². The second kappa shape index (κ2) is 29.8. The zero-order chi connectivity index (χ0) is 69.0. The van der Waals surface area contributed by atoms with Crippen molar-refractivity contribution in [2.75, 3.05) is 6.16 Å². The van der Waals surface area contributed by atoms with Crippen molar-refractivity contribution < 1.29 is 125 Å². The van der Waals surface area contributed by atoms with Crippen molar-refractivity contribution in [3.8, 4) is 10.6 Å². The molecule has 0 N–H and O–H groups in total. The Kier molecular flexibility index (Phi) is 23.8. The summed E-state index contributed by atoms with van der Waals surface area (Å²) < 4.78 is 341. The van der Waals surface area contributed by atoms with Crippen LogP contribution in [0.1, 0.15) is 99.5 Å². The molecule has 2 aliphatic rings. The van der Waals surface area contributed by atoms with Crippen molar-refractivity contribution in [1.29, 1.82) is 0 Å². The third-order valence-electron chi connectivity index (χ3n) is 15.4. The second-order valence-corrected chi connectivity index (χ2v) is 25.2. The maximum atomic E-state index is 14.2. The maximum absolute atomic E-state index is 14.2. The van der Waals surface area contributed by atoms with Crippen LogP contribution in [0.15, 0.2) is 164 Å². The van der Waals surface area contributed by atoms with E-state index in [2.05, 4.69) is 117 Å². The standard InChI is InChI=1S/C32H12BF24.C26H24NPS.C8H12.Ir/c34-25(35,36)13-1-14(26(37,38)39)6-21(5-13)33(22-7-15(27(40,41)42)2-16(8-22)28(43,44)45,23-9-17(29(46,47)48)3-18(10-23)30(49,50)51)24-11-19(31(52,53)54)4-20(12-24)32(55,56)57;1-4-11-20(12-5-1)26-27-25-21(13-10-18-24(25)29-26)19-28(22-14-6-2-7-15-22)23-16-8-3-9-17-23;1-2-4-6-8-7-5-3-1;/h1-12H;1-9,11-12,14-17,21H,10,13,18-19H2;1-2,7-8H,3-6H2;/q-1;;;/t;21-;;/m.1../s1. The molecular formula is C66H48BF24IrNPS-. The first kappa shape index (κ1) is 76.0. The van der Waals surface area contributed by atoms with Crippen LogP contribution in [0.5, 0.6) is 0 Å². The summed E-state index contributed by atoms with van der Waals surface area (Å²) in [5.41, 5.74) is -27.6. The number of fused-ring (bicyclic) bond motifs is 1. The third-order valence-corrected chi connectivity index (χ3v) is 19.2. The zero-order valence-corrected chi connectivity index (χ0v) is 52.5.